The fourth-order valence-electron chi connectivity index (χ4n) is 3.79. The monoisotopic (exact) mass is 441 g/mol. The number of aliphatic hydroxyl groups is 1. The van der Waals surface area contributed by atoms with Crippen LogP contribution in [-0.4, -0.2) is 76.7 Å². The first-order chi connectivity index (χ1) is 14.9. The first kappa shape index (κ1) is 20.0. The van der Waals surface area contributed by atoms with E-state index in [1.54, 1.807) is 52.3 Å². The molecule has 0 spiro atoms. The SMILES string of the molecule is O=C(c1ccc(-c2nc3ccc(Cl)cc3o2)cc1)N1CCN(C(=O)C2(O)COC2)CC1. The van der Waals surface area contributed by atoms with E-state index in [4.69, 9.17) is 20.8 Å². The Labute approximate surface area is 183 Å². The fraction of sp³-hybridized carbons (Fsp3) is 0.318. The summed E-state index contributed by atoms with van der Waals surface area (Å²) in [5.74, 6) is 0.0322. The number of rotatable bonds is 3. The van der Waals surface area contributed by atoms with Crippen molar-refractivity contribution < 1.29 is 23.8 Å². The van der Waals surface area contributed by atoms with Crippen LogP contribution in [0.15, 0.2) is 46.9 Å². The van der Waals surface area contributed by atoms with Gasteiger partial charge < -0.3 is 24.1 Å². The van der Waals surface area contributed by atoms with Crippen molar-refractivity contribution in [3.05, 3.63) is 53.1 Å². The number of amides is 2. The molecule has 9 heteroatoms. The van der Waals surface area contributed by atoms with Crippen molar-refractivity contribution in [1.82, 2.24) is 14.8 Å². The molecule has 2 aliphatic heterocycles. The predicted octanol–water partition coefficient (Wildman–Crippen LogP) is 2.19. The second-order valence-electron chi connectivity index (χ2n) is 7.82. The number of carbonyl (C=O) groups is 2. The summed E-state index contributed by atoms with van der Waals surface area (Å²) in [6, 6.07) is 12.3. The molecular formula is C22H20ClN3O5. The first-order valence-electron chi connectivity index (χ1n) is 9.98. The summed E-state index contributed by atoms with van der Waals surface area (Å²) < 4.78 is 10.7. The van der Waals surface area contributed by atoms with Crippen molar-refractivity contribution in [3.8, 4) is 11.5 Å². The molecule has 0 saturated carbocycles. The number of nitrogens with zero attached hydrogens (tertiary/aromatic N) is 3. The Balaban J connectivity index is 1.24. The standard InChI is InChI=1S/C22H20ClN3O5/c23-16-5-6-17-18(11-16)31-19(24-17)14-1-3-15(4-2-14)20(27)25-7-9-26(10-8-25)21(28)22(29)12-30-13-22/h1-6,11,29H,7-10,12-13H2. The van der Waals surface area contributed by atoms with Crippen LogP contribution in [0, 0.1) is 0 Å². The molecule has 0 bridgehead atoms. The van der Waals surface area contributed by atoms with Gasteiger partial charge in [0, 0.05) is 48.4 Å². The Morgan fingerprint density at radius 2 is 1.68 bits per heavy atom. The minimum absolute atomic E-state index is 0.0322. The molecule has 160 valence electrons. The van der Waals surface area contributed by atoms with E-state index in [1.165, 1.54) is 0 Å². The van der Waals surface area contributed by atoms with Crippen molar-refractivity contribution in [3.63, 3.8) is 0 Å². The average Bonchev–Trinajstić information content (AvgIpc) is 3.20. The van der Waals surface area contributed by atoms with E-state index in [1.807, 2.05) is 0 Å². The molecule has 0 atom stereocenters. The number of piperazine rings is 1. The maximum atomic E-state index is 12.9. The molecule has 0 radical (unpaired) electrons. The Bertz CT molecular complexity index is 1150. The highest BCUT2D eigenvalue weighted by molar-refractivity contribution is 6.31. The quantitative estimate of drug-likeness (QED) is 0.669. The molecule has 2 amide bonds. The van der Waals surface area contributed by atoms with E-state index in [2.05, 4.69) is 4.98 Å². The summed E-state index contributed by atoms with van der Waals surface area (Å²) in [6.45, 7) is 1.66. The lowest BCUT2D eigenvalue weighted by atomic mass is 10.00. The molecule has 2 aromatic carbocycles. The van der Waals surface area contributed by atoms with Gasteiger partial charge in [-0.3, -0.25) is 9.59 Å². The molecule has 1 N–H and O–H groups in total. The molecule has 2 saturated heterocycles. The number of halogens is 1. The minimum atomic E-state index is -1.40. The van der Waals surface area contributed by atoms with Gasteiger partial charge in [-0.05, 0) is 36.4 Å². The number of hydrogen-bond acceptors (Lipinski definition) is 6. The van der Waals surface area contributed by atoms with E-state index in [9.17, 15) is 14.7 Å². The third-order valence-corrected chi connectivity index (χ3v) is 5.90. The van der Waals surface area contributed by atoms with E-state index in [0.29, 0.717) is 53.8 Å². The van der Waals surface area contributed by atoms with Gasteiger partial charge >= 0.3 is 0 Å². The van der Waals surface area contributed by atoms with Crippen LogP contribution in [0.2, 0.25) is 5.02 Å². The van der Waals surface area contributed by atoms with Gasteiger partial charge in [0.1, 0.15) is 5.52 Å². The van der Waals surface area contributed by atoms with Gasteiger partial charge in [-0.25, -0.2) is 4.98 Å². The molecule has 5 rings (SSSR count). The number of carbonyl (C=O) groups excluding carboxylic acids is 2. The maximum absolute atomic E-state index is 12.9. The lowest BCUT2D eigenvalue weighted by Crippen LogP contribution is -2.64. The number of oxazole rings is 1. The zero-order valence-electron chi connectivity index (χ0n) is 16.6. The van der Waals surface area contributed by atoms with Gasteiger partial charge in [-0.15, -0.1) is 0 Å². The highest BCUT2D eigenvalue weighted by Gasteiger charge is 2.46. The molecule has 31 heavy (non-hydrogen) atoms. The maximum Gasteiger partial charge on any atom is 0.259 e. The third-order valence-electron chi connectivity index (χ3n) is 5.66. The van der Waals surface area contributed by atoms with Crippen LogP contribution < -0.4 is 0 Å². The Kier molecular flexibility index (Phi) is 4.92. The van der Waals surface area contributed by atoms with E-state index >= 15 is 0 Å². The second-order valence-corrected chi connectivity index (χ2v) is 8.25. The minimum Gasteiger partial charge on any atom is -0.436 e. The Hall–Kier alpha value is -2.94. The van der Waals surface area contributed by atoms with Crippen molar-refractivity contribution in [2.24, 2.45) is 0 Å². The summed E-state index contributed by atoms with van der Waals surface area (Å²) in [7, 11) is 0. The molecule has 2 aliphatic rings. The van der Waals surface area contributed by atoms with Gasteiger partial charge in [-0.1, -0.05) is 11.6 Å². The van der Waals surface area contributed by atoms with Crippen LogP contribution in [0.3, 0.4) is 0 Å². The largest absolute Gasteiger partial charge is 0.436 e. The van der Waals surface area contributed by atoms with Crippen molar-refractivity contribution in [1.29, 1.82) is 0 Å². The van der Waals surface area contributed by atoms with Gasteiger partial charge in [-0.2, -0.15) is 0 Å². The molecule has 3 aromatic rings. The Morgan fingerprint density at radius 1 is 1.00 bits per heavy atom. The summed E-state index contributed by atoms with van der Waals surface area (Å²) in [5.41, 5.74) is 1.22. The van der Waals surface area contributed by atoms with Crippen LogP contribution in [0.1, 0.15) is 10.4 Å². The zero-order valence-corrected chi connectivity index (χ0v) is 17.3. The topological polar surface area (TPSA) is 96.1 Å². The molecule has 0 aliphatic carbocycles. The summed E-state index contributed by atoms with van der Waals surface area (Å²) in [5, 5.41) is 10.7. The second kappa shape index (κ2) is 7.64. The first-order valence-corrected chi connectivity index (χ1v) is 10.4. The molecule has 3 heterocycles. The molecular weight excluding hydrogens is 422 g/mol. The van der Waals surface area contributed by atoms with E-state index in [-0.39, 0.29) is 25.0 Å². The van der Waals surface area contributed by atoms with Crippen LogP contribution in [-0.2, 0) is 9.53 Å². The molecule has 8 nitrogen and oxygen atoms in total. The van der Waals surface area contributed by atoms with E-state index < -0.39 is 5.60 Å². The van der Waals surface area contributed by atoms with Crippen LogP contribution in [0.5, 0.6) is 0 Å². The highest BCUT2D eigenvalue weighted by Crippen LogP contribution is 2.27. The normalized spacial score (nSPS) is 18.1. The van der Waals surface area contributed by atoms with Gasteiger partial charge in [0.15, 0.2) is 11.2 Å². The average molecular weight is 442 g/mol. The predicted molar refractivity (Wildman–Crippen MR) is 113 cm³/mol. The number of fused-ring (bicyclic) bond motifs is 1. The lowest BCUT2D eigenvalue weighted by Gasteiger charge is -2.42. The highest BCUT2D eigenvalue weighted by atomic mass is 35.5. The van der Waals surface area contributed by atoms with E-state index in [0.717, 1.165) is 5.56 Å². The summed E-state index contributed by atoms with van der Waals surface area (Å²) >= 11 is 5.99. The summed E-state index contributed by atoms with van der Waals surface area (Å²) in [4.78, 5) is 33.0. The number of ether oxygens (including phenoxy) is 1. The third kappa shape index (κ3) is 3.67. The lowest BCUT2D eigenvalue weighted by molar-refractivity contribution is -0.201. The van der Waals surface area contributed by atoms with Gasteiger partial charge in [0.2, 0.25) is 5.89 Å². The van der Waals surface area contributed by atoms with Crippen LogP contribution in [0.25, 0.3) is 22.6 Å². The van der Waals surface area contributed by atoms with Gasteiger partial charge in [0.05, 0.1) is 13.2 Å². The molecule has 0 unspecified atom stereocenters. The molecule has 2 fully saturated rings. The van der Waals surface area contributed by atoms with Gasteiger partial charge in [0.25, 0.3) is 11.8 Å². The van der Waals surface area contributed by atoms with Crippen molar-refractivity contribution in [2.45, 2.75) is 5.60 Å². The fourth-order valence-corrected chi connectivity index (χ4v) is 3.95. The van der Waals surface area contributed by atoms with Crippen molar-refractivity contribution in [2.75, 3.05) is 39.4 Å². The molecule has 1 aromatic heterocycles. The van der Waals surface area contributed by atoms with Crippen molar-refractivity contribution >= 4 is 34.5 Å². The van der Waals surface area contributed by atoms with Crippen LogP contribution in [0.4, 0.5) is 0 Å². The zero-order chi connectivity index (χ0) is 21.6. The number of hydrogen-bond donors (Lipinski definition) is 1. The van der Waals surface area contributed by atoms with Crippen LogP contribution >= 0.6 is 11.6 Å². The number of aromatic nitrogens is 1. The summed E-state index contributed by atoms with van der Waals surface area (Å²) in [6.07, 6.45) is 0. The Morgan fingerprint density at radius 3 is 2.32 bits per heavy atom. The smallest absolute Gasteiger partial charge is 0.259 e. The number of benzene rings is 2.